The SMILES string of the molecule is CC(CN(C)Cc1c(-c2ccc3c(c2)c(C#C[Si](C(C)C)(C(C)C)C(C)C)nn3C2CCCCO2)cnn1C)O[Si](C)(C)C(C)(C)C. The molecule has 7 nitrogen and oxygen atoms in total. The lowest BCUT2D eigenvalue weighted by Crippen LogP contribution is -2.45. The Morgan fingerprint density at radius 1 is 1.04 bits per heavy atom. The Morgan fingerprint density at radius 3 is 2.28 bits per heavy atom. The van der Waals surface area contributed by atoms with Crippen LogP contribution in [0.2, 0.25) is 34.8 Å². The standard InChI is InChI=1S/C38H63N5O2Si2/c1-27(2)47(28(3)4,29(5)6)22-20-34-32-23-31(18-19-35(32)43(40-34)37-17-15-16-21-44-37)33-24-39-42(12)36(33)26-41(11)25-30(7)45-46(13,14)38(8,9)10/h18-19,23-24,27-30,37H,15-17,21,25-26H2,1-14H3. The molecule has 0 amide bonds. The zero-order valence-corrected chi connectivity index (χ0v) is 34.0. The molecule has 2 unspecified atom stereocenters. The Hall–Kier alpha value is -2.23. The molecule has 9 heteroatoms. The summed E-state index contributed by atoms with van der Waals surface area (Å²) in [4.78, 5) is 2.36. The van der Waals surface area contributed by atoms with Crippen molar-refractivity contribution < 1.29 is 9.16 Å². The Morgan fingerprint density at radius 2 is 1.70 bits per heavy atom. The maximum Gasteiger partial charge on any atom is 0.192 e. The molecule has 1 aliphatic rings. The maximum absolute atomic E-state index is 6.69. The second kappa shape index (κ2) is 14.7. The van der Waals surface area contributed by atoms with E-state index in [0.29, 0.717) is 16.6 Å². The molecule has 0 saturated carbocycles. The van der Waals surface area contributed by atoms with Gasteiger partial charge in [0, 0.05) is 37.7 Å². The molecule has 1 aromatic carbocycles. The summed E-state index contributed by atoms with van der Waals surface area (Å²) in [5.74, 6) is 3.70. The van der Waals surface area contributed by atoms with Gasteiger partial charge in [-0.25, -0.2) is 4.68 Å². The molecular weight excluding hydrogens is 615 g/mol. The molecular formula is C38H63N5O2Si2. The van der Waals surface area contributed by atoms with Crippen molar-refractivity contribution in [3.8, 4) is 22.6 Å². The molecule has 0 radical (unpaired) electrons. The van der Waals surface area contributed by atoms with Crippen LogP contribution in [0.1, 0.15) is 106 Å². The average molecular weight is 678 g/mol. The molecule has 1 fully saturated rings. The average Bonchev–Trinajstić information content (AvgIpc) is 3.51. The first kappa shape index (κ1) is 37.6. The first-order valence-corrected chi connectivity index (χ1v) is 23.1. The van der Waals surface area contributed by atoms with E-state index in [1.807, 2.05) is 17.9 Å². The summed E-state index contributed by atoms with van der Waals surface area (Å²) in [6.07, 6.45) is 5.35. The van der Waals surface area contributed by atoms with Crippen LogP contribution in [0, 0.1) is 11.5 Å². The lowest BCUT2D eigenvalue weighted by molar-refractivity contribution is -0.0367. The molecule has 0 bridgehead atoms. The van der Waals surface area contributed by atoms with Crippen LogP contribution in [0.3, 0.4) is 0 Å². The van der Waals surface area contributed by atoms with Crippen molar-refractivity contribution in [2.45, 2.75) is 142 Å². The van der Waals surface area contributed by atoms with Crippen molar-refractivity contribution in [3.63, 3.8) is 0 Å². The third-order valence-electron chi connectivity index (χ3n) is 11.1. The number of nitrogens with zero attached hydrogens (tertiary/aromatic N) is 5. The molecule has 0 aliphatic carbocycles. The molecule has 4 rings (SSSR count). The molecule has 3 aromatic rings. The van der Waals surface area contributed by atoms with Gasteiger partial charge in [0.2, 0.25) is 0 Å². The normalized spacial score (nSPS) is 17.3. The second-order valence-electron chi connectivity index (χ2n) is 16.5. The van der Waals surface area contributed by atoms with E-state index >= 15 is 0 Å². The molecule has 1 saturated heterocycles. The van der Waals surface area contributed by atoms with Gasteiger partial charge in [0.05, 0.1) is 23.5 Å². The number of likely N-dealkylation sites (N-methyl/N-ethyl adjacent to an activating group) is 1. The van der Waals surface area contributed by atoms with Gasteiger partial charge in [-0.1, -0.05) is 74.3 Å². The van der Waals surface area contributed by atoms with Gasteiger partial charge in [-0.2, -0.15) is 10.2 Å². The third-order valence-corrected chi connectivity index (χ3v) is 22.0. The number of fused-ring (bicyclic) bond motifs is 1. The number of benzene rings is 1. The molecule has 3 heterocycles. The third kappa shape index (κ3) is 7.99. The summed E-state index contributed by atoms with van der Waals surface area (Å²) in [5.41, 5.74) is 11.1. The van der Waals surface area contributed by atoms with E-state index < -0.39 is 16.4 Å². The van der Waals surface area contributed by atoms with E-state index in [0.717, 1.165) is 66.7 Å². The van der Waals surface area contributed by atoms with Crippen molar-refractivity contribution in [1.29, 1.82) is 0 Å². The summed E-state index contributed by atoms with van der Waals surface area (Å²) in [7, 11) is 0.452. The minimum atomic E-state index is -1.94. The van der Waals surface area contributed by atoms with Crippen LogP contribution in [0.15, 0.2) is 24.4 Å². The highest BCUT2D eigenvalue weighted by atomic mass is 28.4. The van der Waals surface area contributed by atoms with E-state index in [1.54, 1.807) is 0 Å². The summed E-state index contributed by atoms with van der Waals surface area (Å²) in [6, 6.07) is 6.73. The predicted octanol–water partition coefficient (Wildman–Crippen LogP) is 9.55. The number of rotatable bonds is 11. The number of hydrogen-bond acceptors (Lipinski definition) is 5. The summed E-state index contributed by atoms with van der Waals surface area (Å²) in [5, 5.41) is 11.2. The van der Waals surface area contributed by atoms with Gasteiger partial charge in [0.1, 0.15) is 13.8 Å². The van der Waals surface area contributed by atoms with Gasteiger partial charge in [-0.3, -0.25) is 9.58 Å². The van der Waals surface area contributed by atoms with Crippen molar-refractivity contribution in [1.82, 2.24) is 24.5 Å². The van der Waals surface area contributed by atoms with E-state index in [1.165, 1.54) is 5.69 Å². The number of aryl methyl sites for hydroxylation is 1. The van der Waals surface area contributed by atoms with Crippen LogP contribution in [0.25, 0.3) is 22.0 Å². The lowest BCUT2D eigenvalue weighted by atomic mass is 10.0. The van der Waals surface area contributed by atoms with Crippen molar-refractivity contribution in [2.24, 2.45) is 7.05 Å². The molecule has 47 heavy (non-hydrogen) atoms. The first-order valence-electron chi connectivity index (χ1n) is 17.9. The second-order valence-corrected chi connectivity index (χ2v) is 26.8. The van der Waals surface area contributed by atoms with Gasteiger partial charge < -0.3 is 9.16 Å². The van der Waals surface area contributed by atoms with Crippen molar-refractivity contribution >= 4 is 27.3 Å². The zero-order valence-electron chi connectivity index (χ0n) is 32.0. The van der Waals surface area contributed by atoms with E-state index in [4.69, 9.17) is 19.4 Å². The molecule has 260 valence electrons. The topological polar surface area (TPSA) is 57.3 Å². The largest absolute Gasteiger partial charge is 0.413 e. The van der Waals surface area contributed by atoms with Crippen molar-refractivity contribution in [3.05, 3.63) is 35.8 Å². The Bertz CT molecular complexity index is 1540. The molecule has 2 aromatic heterocycles. The molecule has 1 aliphatic heterocycles. The highest BCUT2D eigenvalue weighted by molar-refractivity contribution is 6.90. The van der Waals surface area contributed by atoms with Gasteiger partial charge >= 0.3 is 0 Å². The Balaban J connectivity index is 1.73. The van der Waals surface area contributed by atoms with E-state index in [9.17, 15) is 0 Å². The highest BCUT2D eigenvalue weighted by Crippen LogP contribution is 2.41. The van der Waals surface area contributed by atoms with Crippen LogP contribution in [-0.4, -0.2) is 67.2 Å². The highest BCUT2D eigenvalue weighted by Gasteiger charge is 2.42. The fourth-order valence-corrected chi connectivity index (χ4v) is 14.1. The summed E-state index contributed by atoms with van der Waals surface area (Å²) in [6.45, 7) is 30.4. The fraction of sp³-hybridized carbons (Fsp3) is 0.684. The van der Waals surface area contributed by atoms with Crippen LogP contribution in [0.4, 0.5) is 0 Å². The van der Waals surface area contributed by atoms with Crippen LogP contribution < -0.4 is 0 Å². The fourth-order valence-electron chi connectivity index (χ4n) is 7.51. The molecule has 0 spiro atoms. The quantitative estimate of drug-likeness (QED) is 0.149. The maximum atomic E-state index is 6.69. The van der Waals surface area contributed by atoms with Crippen LogP contribution in [-0.2, 0) is 22.8 Å². The first-order chi connectivity index (χ1) is 21.9. The minimum Gasteiger partial charge on any atom is -0.413 e. The number of ether oxygens (including phenoxy) is 1. The minimum absolute atomic E-state index is 0.0481. The van der Waals surface area contributed by atoms with Crippen LogP contribution in [0.5, 0.6) is 0 Å². The number of aromatic nitrogens is 4. The molecule has 0 N–H and O–H groups in total. The van der Waals surface area contributed by atoms with Gasteiger partial charge in [-0.05, 0) is 85.7 Å². The smallest absolute Gasteiger partial charge is 0.192 e. The monoisotopic (exact) mass is 677 g/mol. The van der Waals surface area contributed by atoms with E-state index in [2.05, 4.69) is 129 Å². The van der Waals surface area contributed by atoms with Gasteiger partial charge in [0.25, 0.3) is 0 Å². The van der Waals surface area contributed by atoms with Gasteiger partial charge in [0.15, 0.2) is 14.5 Å². The number of hydrogen-bond donors (Lipinski definition) is 0. The Labute approximate surface area is 287 Å². The van der Waals surface area contributed by atoms with Crippen molar-refractivity contribution in [2.75, 3.05) is 20.2 Å². The molecule has 2 atom stereocenters. The van der Waals surface area contributed by atoms with Gasteiger partial charge in [-0.15, -0.1) is 5.54 Å². The summed E-state index contributed by atoms with van der Waals surface area (Å²) >= 11 is 0. The Kier molecular flexibility index (Phi) is 11.8. The van der Waals surface area contributed by atoms with Crippen LogP contribution >= 0.6 is 0 Å². The summed E-state index contributed by atoms with van der Waals surface area (Å²) < 4.78 is 17.0. The predicted molar refractivity (Wildman–Crippen MR) is 203 cm³/mol. The van der Waals surface area contributed by atoms with E-state index in [-0.39, 0.29) is 17.4 Å². The lowest BCUT2D eigenvalue weighted by Gasteiger charge is -2.39. The zero-order chi connectivity index (χ0) is 34.9.